The van der Waals surface area contributed by atoms with Crippen LogP contribution in [0.1, 0.15) is 0 Å². The summed E-state index contributed by atoms with van der Waals surface area (Å²) in [6.07, 6.45) is -1.12. The van der Waals surface area contributed by atoms with E-state index in [1.165, 1.54) is 0 Å². The van der Waals surface area contributed by atoms with Crippen LogP contribution in [-0.2, 0) is 4.74 Å². The maximum atomic E-state index is 9.23. The van der Waals surface area contributed by atoms with Gasteiger partial charge in [-0.15, -0.1) is 0 Å². The Balaban J connectivity index is 2.27. The van der Waals surface area contributed by atoms with Gasteiger partial charge in [-0.2, -0.15) is 0 Å². The Bertz CT molecular complexity index is 162. The van der Waals surface area contributed by atoms with E-state index < -0.39 is 6.10 Å². The van der Waals surface area contributed by atoms with Gasteiger partial charge in [0.2, 0.25) is 0 Å². The summed E-state index contributed by atoms with van der Waals surface area (Å²) >= 11 is 0. The highest BCUT2D eigenvalue weighted by Crippen LogP contribution is 2.01. The van der Waals surface area contributed by atoms with Gasteiger partial charge in [-0.05, 0) is 5.53 Å². The molecule has 0 bridgehead atoms. The van der Waals surface area contributed by atoms with Crippen LogP contribution >= 0.6 is 0 Å². The van der Waals surface area contributed by atoms with Crippen molar-refractivity contribution in [2.45, 2.75) is 12.3 Å². The van der Waals surface area contributed by atoms with Crippen molar-refractivity contribution in [3.8, 4) is 0 Å². The first-order chi connectivity index (χ1) is 5.34. The molecule has 1 unspecified atom stereocenters. The average Bonchev–Trinajstić information content (AvgIpc) is 2.52. The highest BCUT2D eigenvalue weighted by atomic mass is 16.5. The summed E-state index contributed by atoms with van der Waals surface area (Å²) in [4.78, 5) is 2.53. The Morgan fingerprint density at radius 2 is 2.73 bits per heavy atom. The Morgan fingerprint density at radius 3 is 3.27 bits per heavy atom. The van der Waals surface area contributed by atoms with Gasteiger partial charge in [0.1, 0.15) is 6.23 Å². The van der Waals surface area contributed by atoms with Crippen molar-refractivity contribution in [2.75, 3.05) is 19.7 Å². The van der Waals surface area contributed by atoms with Crippen LogP contribution in [0.15, 0.2) is 5.11 Å². The second-order valence-electron chi connectivity index (χ2n) is 2.23. The maximum absolute atomic E-state index is 9.23. The molecule has 6 heteroatoms. The van der Waals surface area contributed by atoms with Crippen LogP contribution < -0.4 is 5.32 Å². The summed E-state index contributed by atoms with van der Waals surface area (Å²) in [6, 6.07) is 0. The molecule has 0 saturated carbocycles. The van der Waals surface area contributed by atoms with E-state index in [1.54, 1.807) is 0 Å². The van der Waals surface area contributed by atoms with E-state index >= 15 is 0 Å². The molecule has 2 N–H and O–H groups in total. The quantitative estimate of drug-likeness (QED) is 0.332. The molecule has 1 heterocycles. The summed E-state index contributed by atoms with van der Waals surface area (Å²) < 4.78 is 5.07. The van der Waals surface area contributed by atoms with E-state index in [0.717, 1.165) is 6.54 Å². The summed E-state index contributed by atoms with van der Waals surface area (Å²) in [5, 5.41) is 15.4. The second-order valence-corrected chi connectivity index (χ2v) is 2.23. The summed E-state index contributed by atoms with van der Waals surface area (Å²) in [6.45, 7) is 1.38. The molecule has 2 atom stereocenters. The molecular formula is C5H10N4O2. The minimum Gasteiger partial charge on any atom is -0.389 e. The summed E-state index contributed by atoms with van der Waals surface area (Å²) in [5.41, 5.74) is 7.94. The van der Waals surface area contributed by atoms with Gasteiger partial charge in [-0.25, -0.2) is 0 Å². The van der Waals surface area contributed by atoms with Gasteiger partial charge in [0.05, 0.1) is 19.3 Å². The maximum Gasteiger partial charge on any atom is 0.134 e. The molecular weight excluding hydrogens is 148 g/mol. The van der Waals surface area contributed by atoms with Crippen LogP contribution in [-0.4, -0.2) is 37.1 Å². The highest BCUT2D eigenvalue weighted by molar-refractivity contribution is 4.73. The van der Waals surface area contributed by atoms with Crippen molar-refractivity contribution in [2.24, 2.45) is 5.11 Å². The number of ether oxygens (including phenoxy) is 1. The fourth-order valence-electron chi connectivity index (χ4n) is 0.909. The molecule has 62 valence electrons. The predicted molar refractivity (Wildman–Crippen MR) is 37.8 cm³/mol. The monoisotopic (exact) mass is 158 g/mol. The molecule has 6 nitrogen and oxygen atoms in total. The van der Waals surface area contributed by atoms with Crippen LogP contribution in [0.4, 0.5) is 0 Å². The number of nitrogens with zero attached hydrogens (tertiary/aromatic N) is 3. The van der Waals surface area contributed by atoms with E-state index in [9.17, 15) is 5.11 Å². The molecule has 0 spiro atoms. The summed E-state index contributed by atoms with van der Waals surface area (Å²) in [7, 11) is 0. The van der Waals surface area contributed by atoms with Crippen LogP contribution in [0.2, 0.25) is 0 Å². The van der Waals surface area contributed by atoms with Crippen molar-refractivity contribution in [3.05, 3.63) is 10.4 Å². The van der Waals surface area contributed by atoms with Crippen LogP contribution in [0, 0.1) is 0 Å². The van der Waals surface area contributed by atoms with Crippen LogP contribution in [0.25, 0.3) is 10.4 Å². The number of hydrogen-bond acceptors (Lipinski definition) is 4. The van der Waals surface area contributed by atoms with Crippen molar-refractivity contribution in [1.82, 2.24) is 5.32 Å². The molecule has 1 aliphatic rings. The molecule has 0 aromatic heterocycles. The van der Waals surface area contributed by atoms with Gasteiger partial charge >= 0.3 is 0 Å². The van der Waals surface area contributed by atoms with Crippen molar-refractivity contribution in [3.63, 3.8) is 0 Å². The first-order valence-electron chi connectivity index (χ1n) is 3.38. The van der Waals surface area contributed by atoms with Gasteiger partial charge < -0.3 is 9.84 Å². The third-order valence-corrected chi connectivity index (χ3v) is 1.43. The third-order valence-electron chi connectivity index (χ3n) is 1.43. The van der Waals surface area contributed by atoms with Gasteiger partial charge in [-0.1, -0.05) is 5.11 Å². The number of nitrogens with one attached hydrogen (secondary N) is 1. The largest absolute Gasteiger partial charge is 0.389 e. The Hall–Kier alpha value is -0.810. The number of azide groups is 1. The number of aliphatic hydroxyl groups excluding tert-OH is 1. The Morgan fingerprint density at radius 1 is 1.91 bits per heavy atom. The molecule has 0 aromatic carbocycles. The fraction of sp³-hybridized carbons (Fsp3) is 1.00. The lowest BCUT2D eigenvalue weighted by atomic mass is 10.3. The molecule has 0 aromatic rings. The van der Waals surface area contributed by atoms with Gasteiger partial charge in [0.15, 0.2) is 0 Å². The van der Waals surface area contributed by atoms with Gasteiger partial charge in [-0.3, -0.25) is 5.32 Å². The number of rotatable bonds is 3. The zero-order chi connectivity index (χ0) is 8.10. The zero-order valence-corrected chi connectivity index (χ0v) is 5.97. The first-order valence-corrected chi connectivity index (χ1v) is 3.38. The smallest absolute Gasteiger partial charge is 0.134 e. The van der Waals surface area contributed by atoms with Crippen LogP contribution in [0.5, 0.6) is 0 Å². The predicted octanol–water partition coefficient (Wildman–Crippen LogP) is -0.397. The molecule has 0 radical (unpaired) electrons. The van der Waals surface area contributed by atoms with Crippen molar-refractivity contribution in [1.29, 1.82) is 0 Å². The lowest BCUT2D eigenvalue weighted by Crippen LogP contribution is -2.37. The van der Waals surface area contributed by atoms with Crippen molar-refractivity contribution < 1.29 is 9.84 Å². The molecule has 0 amide bonds. The number of aliphatic hydroxyl groups is 1. The third kappa shape index (κ3) is 2.36. The SMILES string of the molecule is [N-]=[N+]=NC[C@@H](O)C1NCCO1. The summed E-state index contributed by atoms with van der Waals surface area (Å²) in [5.74, 6) is 0. The minimum atomic E-state index is -0.742. The van der Waals surface area contributed by atoms with Gasteiger partial charge in [0.25, 0.3) is 0 Å². The minimum absolute atomic E-state index is 0.0498. The van der Waals surface area contributed by atoms with Crippen LogP contribution in [0.3, 0.4) is 0 Å². The first kappa shape index (κ1) is 8.29. The Kier molecular flexibility index (Phi) is 3.13. The average molecular weight is 158 g/mol. The molecule has 1 saturated heterocycles. The lowest BCUT2D eigenvalue weighted by Gasteiger charge is -2.14. The lowest BCUT2D eigenvalue weighted by molar-refractivity contribution is -0.00592. The normalized spacial score (nSPS) is 26.1. The highest BCUT2D eigenvalue weighted by Gasteiger charge is 2.22. The molecule has 0 aliphatic carbocycles. The van der Waals surface area contributed by atoms with E-state index in [0.29, 0.717) is 6.61 Å². The van der Waals surface area contributed by atoms with E-state index in [2.05, 4.69) is 15.3 Å². The topological polar surface area (TPSA) is 90.3 Å². The number of hydrogen-bond donors (Lipinski definition) is 2. The van der Waals surface area contributed by atoms with Crippen molar-refractivity contribution >= 4 is 0 Å². The van der Waals surface area contributed by atoms with E-state index in [1.807, 2.05) is 0 Å². The molecule has 1 rings (SSSR count). The Labute approximate surface area is 63.8 Å². The molecule has 11 heavy (non-hydrogen) atoms. The van der Waals surface area contributed by atoms with E-state index in [4.69, 9.17) is 10.3 Å². The zero-order valence-electron chi connectivity index (χ0n) is 5.97. The standard InChI is InChI=1S/C5H10N4O2/c6-9-8-3-4(10)5-7-1-2-11-5/h4-5,7,10H,1-3H2/t4-,5?/m1/s1. The van der Waals surface area contributed by atoms with E-state index in [-0.39, 0.29) is 12.8 Å². The fourth-order valence-corrected chi connectivity index (χ4v) is 0.909. The molecule has 1 fully saturated rings. The second kappa shape index (κ2) is 4.15. The van der Waals surface area contributed by atoms with Gasteiger partial charge in [0, 0.05) is 11.5 Å². The molecule has 1 aliphatic heterocycles.